The Balaban J connectivity index is 1.79. The van der Waals surface area contributed by atoms with Gasteiger partial charge in [-0.05, 0) is 18.9 Å². The molecule has 1 N–H and O–H groups in total. The van der Waals surface area contributed by atoms with E-state index in [0.29, 0.717) is 5.56 Å². The van der Waals surface area contributed by atoms with Gasteiger partial charge in [-0.3, -0.25) is 0 Å². The van der Waals surface area contributed by atoms with E-state index < -0.39 is 0 Å². The van der Waals surface area contributed by atoms with Gasteiger partial charge in [0.2, 0.25) is 0 Å². The van der Waals surface area contributed by atoms with Crippen molar-refractivity contribution < 1.29 is 9.63 Å². The van der Waals surface area contributed by atoms with Gasteiger partial charge in [0.25, 0.3) is 0 Å². The van der Waals surface area contributed by atoms with Crippen LogP contribution in [0.3, 0.4) is 0 Å². The molecular formula is C14H16N2O2. The first-order valence-electron chi connectivity index (χ1n) is 6.38. The summed E-state index contributed by atoms with van der Waals surface area (Å²) in [6.07, 6.45) is 5.14. The third-order valence-corrected chi connectivity index (χ3v) is 3.34. The average molecular weight is 244 g/mol. The van der Waals surface area contributed by atoms with Gasteiger partial charge in [-0.25, -0.2) is 4.79 Å². The number of nitrogens with zero attached hydrogens (tertiary/aromatic N) is 1. The van der Waals surface area contributed by atoms with Crippen molar-refractivity contribution in [2.24, 2.45) is 0 Å². The molecule has 1 aliphatic heterocycles. The van der Waals surface area contributed by atoms with Gasteiger partial charge in [-0.2, -0.15) is 0 Å². The number of nitrogens with one attached hydrogen (secondary N) is 1. The van der Waals surface area contributed by atoms with Crippen molar-refractivity contribution in [2.75, 3.05) is 13.1 Å². The molecule has 0 unspecified atom stereocenters. The van der Waals surface area contributed by atoms with Gasteiger partial charge in [-0.1, -0.05) is 24.6 Å². The monoisotopic (exact) mass is 244 g/mol. The maximum atomic E-state index is 12.1. The number of aromatic amines is 1. The van der Waals surface area contributed by atoms with E-state index in [1.807, 2.05) is 24.3 Å². The zero-order chi connectivity index (χ0) is 12.4. The summed E-state index contributed by atoms with van der Waals surface area (Å²) in [4.78, 5) is 20.6. The van der Waals surface area contributed by atoms with Crippen LogP contribution in [0.4, 0.5) is 0 Å². The van der Waals surface area contributed by atoms with Gasteiger partial charge in [0, 0.05) is 30.2 Å². The molecule has 0 bridgehead atoms. The minimum atomic E-state index is -0.269. The molecule has 1 aromatic carbocycles. The predicted octanol–water partition coefficient (Wildman–Crippen LogP) is 2.73. The van der Waals surface area contributed by atoms with E-state index in [0.717, 1.165) is 36.8 Å². The molecule has 1 aliphatic rings. The molecule has 0 radical (unpaired) electrons. The number of fused-ring (bicyclic) bond motifs is 1. The molecule has 94 valence electrons. The number of piperidine rings is 1. The van der Waals surface area contributed by atoms with Crippen molar-refractivity contribution in [3.63, 3.8) is 0 Å². The number of hydroxylamine groups is 2. The van der Waals surface area contributed by atoms with Gasteiger partial charge in [-0.15, -0.1) is 5.06 Å². The van der Waals surface area contributed by atoms with Crippen LogP contribution in [-0.4, -0.2) is 29.1 Å². The van der Waals surface area contributed by atoms with E-state index in [9.17, 15) is 4.79 Å². The molecule has 18 heavy (non-hydrogen) atoms. The SMILES string of the molecule is O=C(ON1CCCCC1)c1c[nH]c2ccccc12. The highest BCUT2D eigenvalue weighted by Gasteiger charge is 2.18. The lowest BCUT2D eigenvalue weighted by molar-refractivity contribution is -0.119. The third kappa shape index (κ3) is 2.11. The molecule has 0 saturated carbocycles. The Bertz CT molecular complexity index is 556. The number of H-pyrrole nitrogens is 1. The second-order valence-electron chi connectivity index (χ2n) is 4.62. The highest BCUT2D eigenvalue weighted by Crippen LogP contribution is 2.19. The topological polar surface area (TPSA) is 45.3 Å². The van der Waals surface area contributed by atoms with Crippen molar-refractivity contribution in [1.82, 2.24) is 10.0 Å². The van der Waals surface area contributed by atoms with Crippen LogP contribution in [0.2, 0.25) is 0 Å². The average Bonchev–Trinajstić information content (AvgIpc) is 2.84. The fraction of sp³-hybridized carbons (Fsp3) is 0.357. The van der Waals surface area contributed by atoms with Crippen LogP contribution in [-0.2, 0) is 4.84 Å². The Labute approximate surface area is 105 Å². The molecule has 1 saturated heterocycles. The molecule has 0 atom stereocenters. The lowest BCUT2D eigenvalue weighted by Gasteiger charge is -2.24. The summed E-state index contributed by atoms with van der Waals surface area (Å²) < 4.78 is 0. The van der Waals surface area contributed by atoms with Gasteiger partial charge in [0.05, 0.1) is 5.56 Å². The van der Waals surface area contributed by atoms with E-state index in [1.54, 1.807) is 11.3 Å². The van der Waals surface area contributed by atoms with Crippen LogP contribution >= 0.6 is 0 Å². The van der Waals surface area contributed by atoms with E-state index >= 15 is 0 Å². The minimum Gasteiger partial charge on any atom is -0.364 e. The smallest absolute Gasteiger partial charge is 0.359 e. The van der Waals surface area contributed by atoms with Crippen LogP contribution in [0.25, 0.3) is 10.9 Å². The Morgan fingerprint density at radius 1 is 1.17 bits per heavy atom. The van der Waals surface area contributed by atoms with Crippen molar-refractivity contribution in [3.05, 3.63) is 36.0 Å². The Morgan fingerprint density at radius 2 is 1.94 bits per heavy atom. The van der Waals surface area contributed by atoms with Crippen LogP contribution in [0.5, 0.6) is 0 Å². The molecule has 4 heteroatoms. The molecule has 0 aliphatic carbocycles. The molecule has 0 amide bonds. The number of carbonyl (C=O) groups is 1. The zero-order valence-corrected chi connectivity index (χ0v) is 10.2. The summed E-state index contributed by atoms with van der Waals surface area (Å²) in [5, 5.41) is 2.69. The van der Waals surface area contributed by atoms with Crippen molar-refractivity contribution in [3.8, 4) is 0 Å². The lowest BCUT2D eigenvalue weighted by atomic mass is 10.2. The quantitative estimate of drug-likeness (QED) is 0.883. The molecule has 2 heterocycles. The van der Waals surface area contributed by atoms with Crippen molar-refractivity contribution in [2.45, 2.75) is 19.3 Å². The molecule has 0 spiro atoms. The summed E-state index contributed by atoms with van der Waals surface area (Å²) >= 11 is 0. The van der Waals surface area contributed by atoms with Crippen LogP contribution in [0, 0.1) is 0 Å². The van der Waals surface area contributed by atoms with Gasteiger partial charge < -0.3 is 9.82 Å². The summed E-state index contributed by atoms with van der Waals surface area (Å²) in [5.41, 5.74) is 1.57. The van der Waals surface area contributed by atoms with Gasteiger partial charge in [0.1, 0.15) is 0 Å². The zero-order valence-electron chi connectivity index (χ0n) is 10.2. The number of hydrogen-bond acceptors (Lipinski definition) is 3. The van der Waals surface area contributed by atoms with Gasteiger partial charge >= 0.3 is 5.97 Å². The van der Waals surface area contributed by atoms with E-state index in [2.05, 4.69) is 4.98 Å². The van der Waals surface area contributed by atoms with Crippen molar-refractivity contribution >= 4 is 16.9 Å². The number of rotatable bonds is 2. The molecule has 2 aromatic rings. The summed E-state index contributed by atoms with van der Waals surface area (Å²) in [6, 6.07) is 7.75. The van der Waals surface area contributed by atoms with Crippen LogP contribution in [0.15, 0.2) is 30.5 Å². The van der Waals surface area contributed by atoms with Gasteiger partial charge in [0.15, 0.2) is 0 Å². The first-order chi connectivity index (χ1) is 8.84. The maximum Gasteiger partial charge on any atom is 0.359 e. The maximum absolute atomic E-state index is 12.1. The first kappa shape index (κ1) is 11.3. The fourth-order valence-corrected chi connectivity index (χ4v) is 2.36. The van der Waals surface area contributed by atoms with Crippen LogP contribution in [0.1, 0.15) is 29.6 Å². The second kappa shape index (κ2) is 4.82. The highest BCUT2D eigenvalue weighted by atomic mass is 16.7. The molecular weight excluding hydrogens is 228 g/mol. The Morgan fingerprint density at radius 3 is 2.78 bits per heavy atom. The molecule has 1 fully saturated rings. The number of benzene rings is 1. The number of aromatic nitrogens is 1. The minimum absolute atomic E-state index is 0.269. The molecule has 1 aromatic heterocycles. The fourth-order valence-electron chi connectivity index (χ4n) is 2.36. The predicted molar refractivity (Wildman–Crippen MR) is 69.1 cm³/mol. The largest absolute Gasteiger partial charge is 0.364 e. The summed E-state index contributed by atoms with van der Waals surface area (Å²) in [7, 11) is 0. The lowest BCUT2D eigenvalue weighted by Crippen LogP contribution is -2.32. The third-order valence-electron chi connectivity index (χ3n) is 3.34. The number of carbonyl (C=O) groups excluding carboxylic acids is 1. The van der Waals surface area contributed by atoms with E-state index in [1.165, 1.54) is 6.42 Å². The number of para-hydroxylation sites is 1. The standard InChI is InChI=1S/C14H16N2O2/c17-14(18-16-8-4-1-5-9-16)12-10-15-13-7-3-2-6-11(12)13/h2-3,6-7,10,15H,1,4-5,8-9H2. The van der Waals surface area contributed by atoms with E-state index in [4.69, 9.17) is 4.84 Å². The molecule has 3 rings (SSSR count). The van der Waals surface area contributed by atoms with E-state index in [-0.39, 0.29) is 5.97 Å². The molecule has 4 nitrogen and oxygen atoms in total. The highest BCUT2D eigenvalue weighted by molar-refractivity contribution is 6.03. The first-order valence-corrected chi connectivity index (χ1v) is 6.38. The van der Waals surface area contributed by atoms with Crippen LogP contribution < -0.4 is 0 Å². The summed E-state index contributed by atoms with van der Waals surface area (Å²) in [6.45, 7) is 1.68. The number of hydrogen-bond donors (Lipinski definition) is 1. The second-order valence-corrected chi connectivity index (χ2v) is 4.62. The Kier molecular flexibility index (Phi) is 3.02. The van der Waals surface area contributed by atoms with Crippen molar-refractivity contribution in [1.29, 1.82) is 0 Å². The normalized spacial score (nSPS) is 16.9. The Hall–Kier alpha value is -1.81. The summed E-state index contributed by atoms with van der Waals surface area (Å²) in [5.74, 6) is -0.269.